The maximum absolute atomic E-state index is 12.9. The Bertz CT molecular complexity index is 728. The number of nitrogens with zero attached hydrogens (tertiary/aromatic N) is 2. The summed E-state index contributed by atoms with van der Waals surface area (Å²) in [5.74, 6) is -0.127. The number of hydrogen-bond donors (Lipinski definition) is 1. The summed E-state index contributed by atoms with van der Waals surface area (Å²) < 4.78 is 45.2. The third-order valence-electron chi connectivity index (χ3n) is 3.08. The number of benzene rings is 1. The molecule has 8 heteroatoms. The molecule has 0 bridgehead atoms. The van der Waals surface area contributed by atoms with Gasteiger partial charge in [-0.2, -0.15) is 13.2 Å². The predicted molar refractivity (Wildman–Crippen MR) is 79.5 cm³/mol. The molecule has 1 aromatic heterocycles. The zero-order chi connectivity index (χ0) is 17.0. The topological polar surface area (TPSA) is 56.1 Å². The molecule has 0 aliphatic rings. The van der Waals surface area contributed by atoms with Crippen molar-refractivity contribution in [2.75, 3.05) is 11.9 Å². The van der Waals surface area contributed by atoms with Gasteiger partial charge in [0, 0.05) is 19.4 Å². The van der Waals surface area contributed by atoms with Gasteiger partial charge in [0.05, 0.1) is 11.6 Å². The quantitative estimate of drug-likeness (QED) is 0.917. The summed E-state index contributed by atoms with van der Waals surface area (Å²) >= 11 is 0. The van der Waals surface area contributed by atoms with Crippen molar-refractivity contribution in [1.29, 1.82) is 0 Å². The number of rotatable bonds is 5. The van der Waals surface area contributed by atoms with Crippen LogP contribution in [0, 0.1) is 0 Å². The SMILES string of the molecule is C[C@@H](COc1ccccc1C(F)(F)F)Nc1nccn(C)c1=O. The monoisotopic (exact) mass is 327 g/mol. The van der Waals surface area contributed by atoms with Gasteiger partial charge in [-0.15, -0.1) is 0 Å². The van der Waals surface area contributed by atoms with Gasteiger partial charge in [-0.3, -0.25) is 4.79 Å². The highest BCUT2D eigenvalue weighted by atomic mass is 19.4. The molecule has 23 heavy (non-hydrogen) atoms. The van der Waals surface area contributed by atoms with Crippen molar-refractivity contribution in [3.05, 3.63) is 52.6 Å². The van der Waals surface area contributed by atoms with Crippen LogP contribution in [0.2, 0.25) is 0 Å². The Labute approximate surface area is 130 Å². The van der Waals surface area contributed by atoms with Gasteiger partial charge in [-0.1, -0.05) is 12.1 Å². The number of hydrogen-bond acceptors (Lipinski definition) is 4. The van der Waals surface area contributed by atoms with Gasteiger partial charge in [0.25, 0.3) is 5.56 Å². The van der Waals surface area contributed by atoms with E-state index in [-0.39, 0.29) is 23.7 Å². The summed E-state index contributed by atoms with van der Waals surface area (Å²) in [6.07, 6.45) is -1.52. The van der Waals surface area contributed by atoms with Crippen molar-refractivity contribution in [3.63, 3.8) is 0 Å². The van der Waals surface area contributed by atoms with Crippen molar-refractivity contribution in [3.8, 4) is 5.75 Å². The lowest BCUT2D eigenvalue weighted by molar-refractivity contribution is -0.139. The Morgan fingerprint density at radius 2 is 2.04 bits per heavy atom. The van der Waals surface area contributed by atoms with Gasteiger partial charge >= 0.3 is 6.18 Å². The first-order chi connectivity index (χ1) is 10.8. The van der Waals surface area contributed by atoms with Crippen LogP contribution in [0.5, 0.6) is 5.75 Å². The van der Waals surface area contributed by atoms with Crippen LogP contribution in [0.3, 0.4) is 0 Å². The molecule has 1 heterocycles. The Morgan fingerprint density at radius 1 is 1.35 bits per heavy atom. The first kappa shape index (κ1) is 16.9. The van der Waals surface area contributed by atoms with Gasteiger partial charge in [-0.25, -0.2) is 4.98 Å². The average Bonchev–Trinajstić information content (AvgIpc) is 2.49. The lowest BCUT2D eigenvalue weighted by Crippen LogP contribution is -2.30. The molecule has 0 aliphatic heterocycles. The number of aryl methyl sites for hydroxylation is 1. The van der Waals surface area contributed by atoms with E-state index in [4.69, 9.17) is 4.74 Å². The summed E-state index contributed by atoms with van der Waals surface area (Å²) in [5.41, 5.74) is -1.16. The number of alkyl halides is 3. The normalized spacial score (nSPS) is 12.7. The molecule has 2 aromatic rings. The molecule has 124 valence electrons. The molecule has 2 rings (SSSR count). The largest absolute Gasteiger partial charge is 0.491 e. The minimum Gasteiger partial charge on any atom is -0.491 e. The fourth-order valence-corrected chi connectivity index (χ4v) is 1.91. The summed E-state index contributed by atoms with van der Waals surface area (Å²) in [6, 6.07) is 4.59. The van der Waals surface area contributed by atoms with Crippen LogP contribution in [0.4, 0.5) is 19.0 Å². The lowest BCUT2D eigenvalue weighted by atomic mass is 10.2. The summed E-state index contributed by atoms with van der Waals surface area (Å²) in [5, 5.41) is 2.83. The van der Waals surface area contributed by atoms with E-state index in [1.165, 1.54) is 35.2 Å². The number of nitrogens with one attached hydrogen (secondary N) is 1. The molecule has 0 radical (unpaired) electrons. The molecule has 0 fully saturated rings. The second kappa shape index (κ2) is 6.72. The van der Waals surface area contributed by atoms with Crippen molar-refractivity contribution in [2.45, 2.75) is 19.1 Å². The van der Waals surface area contributed by atoms with Gasteiger partial charge in [0.1, 0.15) is 12.4 Å². The fourth-order valence-electron chi connectivity index (χ4n) is 1.91. The predicted octanol–water partition coefficient (Wildman–Crippen LogP) is 2.68. The molecule has 0 unspecified atom stereocenters. The molecule has 0 saturated carbocycles. The number of ether oxygens (including phenoxy) is 1. The third kappa shape index (κ3) is 4.24. The van der Waals surface area contributed by atoms with Crippen molar-refractivity contribution in [1.82, 2.24) is 9.55 Å². The average molecular weight is 327 g/mol. The second-order valence-corrected chi connectivity index (χ2v) is 5.04. The van der Waals surface area contributed by atoms with Crippen LogP contribution in [0.25, 0.3) is 0 Å². The highest BCUT2D eigenvalue weighted by Gasteiger charge is 2.34. The number of anilines is 1. The van der Waals surface area contributed by atoms with E-state index in [0.29, 0.717) is 0 Å². The molecular weight excluding hydrogens is 311 g/mol. The van der Waals surface area contributed by atoms with E-state index in [1.807, 2.05) is 0 Å². The second-order valence-electron chi connectivity index (χ2n) is 5.04. The van der Waals surface area contributed by atoms with E-state index in [1.54, 1.807) is 14.0 Å². The van der Waals surface area contributed by atoms with Crippen LogP contribution in [0.1, 0.15) is 12.5 Å². The van der Waals surface area contributed by atoms with Crippen molar-refractivity contribution < 1.29 is 17.9 Å². The summed E-state index contributed by atoms with van der Waals surface area (Å²) in [7, 11) is 1.58. The van der Waals surface area contributed by atoms with Crippen LogP contribution < -0.4 is 15.6 Å². The minimum atomic E-state index is -4.48. The zero-order valence-electron chi connectivity index (χ0n) is 12.6. The van der Waals surface area contributed by atoms with Crippen molar-refractivity contribution >= 4 is 5.82 Å². The van der Waals surface area contributed by atoms with E-state index in [0.717, 1.165) is 6.07 Å². The van der Waals surface area contributed by atoms with E-state index in [2.05, 4.69) is 10.3 Å². The molecule has 0 amide bonds. The van der Waals surface area contributed by atoms with Crippen LogP contribution in [-0.2, 0) is 13.2 Å². The maximum Gasteiger partial charge on any atom is 0.419 e. The molecule has 1 aromatic carbocycles. The van der Waals surface area contributed by atoms with Crippen molar-refractivity contribution in [2.24, 2.45) is 7.05 Å². The van der Waals surface area contributed by atoms with Crippen LogP contribution in [0.15, 0.2) is 41.5 Å². The maximum atomic E-state index is 12.9. The molecule has 5 nitrogen and oxygen atoms in total. The molecule has 0 aliphatic carbocycles. The van der Waals surface area contributed by atoms with Gasteiger partial charge in [-0.05, 0) is 19.1 Å². The van der Waals surface area contributed by atoms with Crippen LogP contribution >= 0.6 is 0 Å². The number of aromatic nitrogens is 2. The molecule has 0 spiro atoms. The van der Waals surface area contributed by atoms with E-state index in [9.17, 15) is 18.0 Å². The van der Waals surface area contributed by atoms with Crippen LogP contribution in [-0.4, -0.2) is 22.2 Å². The van der Waals surface area contributed by atoms with E-state index >= 15 is 0 Å². The Balaban J connectivity index is 2.04. The standard InChI is InChI=1S/C15H16F3N3O2/c1-10(20-13-14(22)21(2)8-7-19-13)9-23-12-6-4-3-5-11(12)15(16,17)18/h3-8,10H,9H2,1-2H3,(H,19,20)/t10-/m0/s1. The first-order valence-electron chi connectivity index (χ1n) is 6.86. The molecular formula is C15H16F3N3O2. The Morgan fingerprint density at radius 3 is 2.74 bits per heavy atom. The molecule has 1 atom stereocenters. The first-order valence-corrected chi connectivity index (χ1v) is 6.86. The summed E-state index contributed by atoms with van der Waals surface area (Å²) in [6.45, 7) is 1.64. The fraction of sp³-hybridized carbons (Fsp3) is 0.333. The zero-order valence-corrected chi connectivity index (χ0v) is 12.6. The van der Waals surface area contributed by atoms with E-state index < -0.39 is 17.8 Å². The third-order valence-corrected chi connectivity index (χ3v) is 3.08. The summed E-state index contributed by atoms with van der Waals surface area (Å²) in [4.78, 5) is 15.7. The number of para-hydroxylation sites is 1. The smallest absolute Gasteiger partial charge is 0.419 e. The van der Waals surface area contributed by atoms with Gasteiger partial charge in [0.15, 0.2) is 5.82 Å². The number of halogens is 3. The van der Waals surface area contributed by atoms with Gasteiger partial charge in [0.2, 0.25) is 0 Å². The lowest BCUT2D eigenvalue weighted by Gasteiger charge is -2.18. The molecule has 1 N–H and O–H groups in total. The Kier molecular flexibility index (Phi) is 4.92. The molecule has 0 saturated heterocycles. The highest BCUT2D eigenvalue weighted by molar-refractivity contribution is 5.36. The van der Waals surface area contributed by atoms with Gasteiger partial charge < -0.3 is 14.6 Å². The Hall–Kier alpha value is -2.51. The minimum absolute atomic E-state index is 0.0488. The highest BCUT2D eigenvalue weighted by Crippen LogP contribution is 2.35.